The van der Waals surface area contributed by atoms with Crippen molar-refractivity contribution in [3.05, 3.63) is 52.5 Å². The van der Waals surface area contributed by atoms with Crippen molar-refractivity contribution in [2.45, 2.75) is 0 Å². The van der Waals surface area contributed by atoms with Gasteiger partial charge >= 0.3 is 5.97 Å². The molecule has 17 heavy (non-hydrogen) atoms. The van der Waals surface area contributed by atoms with Crippen molar-refractivity contribution < 1.29 is 13.9 Å². The maximum absolute atomic E-state index is 13.8. The molecule has 0 fully saturated rings. The first kappa shape index (κ1) is 11.9. The molecule has 1 heterocycles. The lowest BCUT2D eigenvalue weighted by Gasteiger charge is -2.09. The van der Waals surface area contributed by atoms with Gasteiger partial charge in [-0.3, -0.25) is 0 Å². The Balaban J connectivity index is 2.53. The quantitative estimate of drug-likeness (QED) is 0.797. The number of benzene rings is 1. The molecule has 0 aliphatic heterocycles. The second-order valence-electron chi connectivity index (χ2n) is 3.35. The van der Waals surface area contributed by atoms with E-state index < -0.39 is 11.8 Å². The zero-order valence-electron chi connectivity index (χ0n) is 8.98. The van der Waals surface area contributed by atoms with Crippen LogP contribution in [0.15, 0.2) is 41.0 Å². The van der Waals surface area contributed by atoms with E-state index in [2.05, 4.69) is 20.7 Å². The van der Waals surface area contributed by atoms with Gasteiger partial charge in [0.25, 0.3) is 0 Å². The fraction of sp³-hybridized carbons (Fsp3) is 0.0833. The van der Waals surface area contributed by atoms with Crippen LogP contribution in [0, 0.1) is 5.82 Å². The predicted octanol–water partition coefficient (Wildman–Crippen LogP) is 3.17. The number of hydrogen-bond donors (Lipinski definition) is 0. The molecule has 1 aromatic carbocycles. The number of methoxy groups -OCH3 is 1. The number of halogens is 2. The molecule has 0 atom stereocenters. The van der Waals surface area contributed by atoms with Crippen molar-refractivity contribution in [1.29, 1.82) is 0 Å². The van der Waals surface area contributed by atoms with Crippen LogP contribution < -0.4 is 0 Å². The monoisotopic (exact) mass is 297 g/mol. The summed E-state index contributed by atoms with van der Waals surface area (Å²) in [5.74, 6) is -0.918. The number of hydrogen-bond acceptors (Lipinski definition) is 2. The highest BCUT2D eigenvalue weighted by molar-refractivity contribution is 9.10. The smallest absolute Gasteiger partial charge is 0.355 e. The maximum Gasteiger partial charge on any atom is 0.355 e. The minimum absolute atomic E-state index is 0.286. The molecule has 0 aliphatic rings. The fourth-order valence-electron chi connectivity index (χ4n) is 1.54. The average molecular weight is 298 g/mol. The molecule has 0 bridgehead atoms. The van der Waals surface area contributed by atoms with Crippen LogP contribution in [-0.2, 0) is 4.74 Å². The minimum Gasteiger partial charge on any atom is -0.464 e. The van der Waals surface area contributed by atoms with E-state index in [4.69, 9.17) is 0 Å². The van der Waals surface area contributed by atoms with Crippen molar-refractivity contribution >= 4 is 21.9 Å². The molecule has 0 saturated carbocycles. The first-order chi connectivity index (χ1) is 8.13. The van der Waals surface area contributed by atoms with E-state index >= 15 is 0 Å². The molecule has 0 radical (unpaired) electrons. The van der Waals surface area contributed by atoms with Crippen LogP contribution >= 0.6 is 15.9 Å². The van der Waals surface area contributed by atoms with Gasteiger partial charge in [0.05, 0.1) is 12.8 Å². The third-order valence-corrected chi connectivity index (χ3v) is 2.81. The number of esters is 1. The lowest BCUT2D eigenvalue weighted by molar-refractivity contribution is 0.0591. The van der Waals surface area contributed by atoms with Gasteiger partial charge in [-0.15, -0.1) is 0 Å². The number of nitrogens with zero attached hydrogens (tertiary/aromatic N) is 1. The Labute approximate surface area is 106 Å². The maximum atomic E-state index is 13.8. The van der Waals surface area contributed by atoms with E-state index in [0.29, 0.717) is 10.2 Å². The second-order valence-corrected chi connectivity index (χ2v) is 4.27. The molecular formula is C12H9BrFNO2. The topological polar surface area (TPSA) is 31.2 Å². The molecule has 0 unspecified atom stereocenters. The lowest BCUT2D eigenvalue weighted by Crippen LogP contribution is -2.09. The van der Waals surface area contributed by atoms with Crippen LogP contribution in [-0.4, -0.2) is 17.6 Å². The summed E-state index contributed by atoms with van der Waals surface area (Å²) in [6.07, 6.45) is 1.61. The Morgan fingerprint density at radius 3 is 2.82 bits per heavy atom. The van der Waals surface area contributed by atoms with Crippen LogP contribution in [0.3, 0.4) is 0 Å². The summed E-state index contributed by atoms with van der Waals surface area (Å²) in [7, 11) is 1.29. The molecule has 2 aromatic rings. The first-order valence-corrected chi connectivity index (χ1v) is 5.64. The van der Waals surface area contributed by atoms with Gasteiger partial charge < -0.3 is 9.30 Å². The summed E-state index contributed by atoms with van der Waals surface area (Å²) in [5.41, 5.74) is 0.590. The lowest BCUT2D eigenvalue weighted by atomic mass is 10.3. The van der Waals surface area contributed by atoms with Gasteiger partial charge in [-0.25, -0.2) is 9.18 Å². The van der Waals surface area contributed by atoms with Gasteiger partial charge in [0.1, 0.15) is 11.5 Å². The van der Waals surface area contributed by atoms with Crippen LogP contribution in [0.2, 0.25) is 0 Å². The fourth-order valence-corrected chi connectivity index (χ4v) is 1.87. The number of carbonyl (C=O) groups excluding carboxylic acids is 1. The SMILES string of the molecule is COC(=O)c1cccn1-c1ccc(Br)cc1F. The summed E-state index contributed by atoms with van der Waals surface area (Å²) in [5, 5.41) is 0. The Bertz CT molecular complexity index is 565. The molecule has 0 aliphatic carbocycles. The third kappa shape index (κ3) is 2.24. The van der Waals surface area contributed by atoms with Crippen LogP contribution in [0.4, 0.5) is 4.39 Å². The van der Waals surface area contributed by atoms with Crippen molar-refractivity contribution in [2.24, 2.45) is 0 Å². The molecule has 5 heteroatoms. The summed E-state index contributed by atoms with van der Waals surface area (Å²) < 4.78 is 20.5. The largest absolute Gasteiger partial charge is 0.464 e. The Kier molecular flexibility index (Phi) is 3.28. The molecule has 1 aromatic heterocycles. The Hall–Kier alpha value is -1.62. The number of rotatable bonds is 2. The number of carbonyl (C=O) groups is 1. The van der Waals surface area contributed by atoms with Crippen molar-refractivity contribution in [3.63, 3.8) is 0 Å². The second kappa shape index (κ2) is 4.71. The van der Waals surface area contributed by atoms with Gasteiger partial charge in [0, 0.05) is 10.7 Å². The standard InChI is InChI=1S/C12H9BrFNO2/c1-17-12(16)11-3-2-6-15(11)10-5-4-8(13)7-9(10)14/h2-7H,1H3. The summed E-state index contributed by atoms with van der Waals surface area (Å²) in [4.78, 5) is 11.5. The average Bonchev–Trinajstić information content (AvgIpc) is 2.77. The molecule has 2 rings (SSSR count). The van der Waals surface area contributed by atoms with E-state index in [9.17, 15) is 9.18 Å². The molecular weight excluding hydrogens is 289 g/mol. The van der Waals surface area contributed by atoms with E-state index in [1.165, 1.54) is 17.7 Å². The van der Waals surface area contributed by atoms with E-state index in [1.807, 2.05) is 0 Å². The summed E-state index contributed by atoms with van der Waals surface area (Å²) in [6.45, 7) is 0. The molecule has 3 nitrogen and oxygen atoms in total. The highest BCUT2D eigenvalue weighted by Gasteiger charge is 2.14. The minimum atomic E-state index is -0.502. The van der Waals surface area contributed by atoms with Crippen LogP contribution in [0.5, 0.6) is 0 Å². The molecule has 88 valence electrons. The van der Waals surface area contributed by atoms with Gasteiger partial charge in [0.2, 0.25) is 0 Å². The van der Waals surface area contributed by atoms with Gasteiger partial charge in [0.15, 0.2) is 0 Å². The van der Waals surface area contributed by atoms with Gasteiger partial charge in [-0.05, 0) is 30.3 Å². The van der Waals surface area contributed by atoms with Crippen molar-refractivity contribution in [3.8, 4) is 5.69 Å². The molecule has 0 saturated heterocycles. The van der Waals surface area contributed by atoms with Gasteiger partial charge in [-0.2, -0.15) is 0 Å². The first-order valence-electron chi connectivity index (χ1n) is 4.84. The highest BCUT2D eigenvalue weighted by atomic mass is 79.9. The van der Waals surface area contributed by atoms with Crippen molar-refractivity contribution in [1.82, 2.24) is 4.57 Å². The molecule has 0 N–H and O–H groups in total. The van der Waals surface area contributed by atoms with E-state index in [1.54, 1.807) is 30.5 Å². The highest BCUT2D eigenvalue weighted by Crippen LogP contribution is 2.21. The molecule has 0 spiro atoms. The van der Waals surface area contributed by atoms with Crippen LogP contribution in [0.1, 0.15) is 10.5 Å². The zero-order chi connectivity index (χ0) is 12.4. The Morgan fingerprint density at radius 1 is 1.41 bits per heavy atom. The van der Waals surface area contributed by atoms with Crippen molar-refractivity contribution in [2.75, 3.05) is 7.11 Å². The third-order valence-electron chi connectivity index (χ3n) is 2.31. The Morgan fingerprint density at radius 2 is 2.18 bits per heavy atom. The summed E-state index contributed by atoms with van der Waals surface area (Å²) in [6, 6.07) is 7.88. The molecule has 0 amide bonds. The van der Waals surface area contributed by atoms with E-state index in [-0.39, 0.29) is 5.69 Å². The van der Waals surface area contributed by atoms with Gasteiger partial charge in [-0.1, -0.05) is 15.9 Å². The predicted molar refractivity (Wildman–Crippen MR) is 64.8 cm³/mol. The summed E-state index contributed by atoms with van der Waals surface area (Å²) >= 11 is 3.18. The van der Waals surface area contributed by atoms with Crippen LogP contribution in [0.25, 0.3) is 5.69 Å². The number of ether oxygens (including phenoxy) is 1. The number of aromatic nitrogens is 1. The zero-order valence-corrected chi connectivity index (χ0v) is 10.6. The van der Waals surface area contributed by atoms with E-state index in [0.717, 1.165) is 0 Å². The normalized spacial score (nSPS) is 10.3.